The molecule has 0 unspecified atom stereocenters. The van der Waals surface area contributed by atoms with Crippen LogP contribution in [0, 0.1) is 5.82 Å². The lowest BCUT2D eigenvalue weighted by Crippen LogP contribution is -2.20. The van der Waals surface area contributed by atoms with E-state index >= 15 is 0 Å². The zero-order valence-corrected chi connectivity index (χ0v) is 15.6. The van der Waals surface area contributed by atoms with Crippen LogP contribution in [0.15, 0.2) is 66.7 Å². The minimum absolute atomic E-state index is 0.217. The van der Waals surface area contributed by atoms with E-state index in [-0.39, 0.29) is 12.4 Å². The molecule has 6 heteroatoms. The third-order valence-electron chi connectivity index (χ3n) is 3.93. The van der Waals surface area contributed by atoms with Crippen LogP contribution in [-0.4, -0.2) is 7.11 Å². The third kappa shape index (κ3) is 5.36. The highest BCUT2D eigenvalue weighted by Gasteiger charge is 2.08. The summed E-state index contributed by atoms with van der Waals surface area (Å²) >= 11 is 6.06. The van der Waals surface area contributed by atoms with Crippen LogP contribution in [0.4, 0.5) is 10.1 Å². The number of methoxy groups -OCH3 is 1. The Labute approximate surface area is 162 Å². The van der Waals surface area contributed by atoms with Crippen molar-refractivity contribution in [3.63, 3.8) is 0 Å². The first-order valence-electron chi connectivity index (χ1n) is 8.43. The first kappa shape index (κ1) is 19.0. The van der Waals surface area contributed by atoms with Gasteiger partial charge < -0.3 is 14.9 Å². The highest BCUT2D eigenvalue weighted by atomic mass is 35.5. The van der Waals surface area contributed by atoms with Crippen LogP contribution in [0.2, 0.25) is 5.02 Å². The molecule has 0 aliphatic heterocycles. The lowest BCUT2D eigenvalue weighted by Gasteiger charge is -2.14. The van der Waals surface area contributed by atoms with Crippen molar-refractivity contribution >= 4 is 17.3 Å². The standard InChI is InChI=1S/C21H20ClFN2O2/c1-26-20-10-7-15(13-24-25-18-5-3-2-4-6-18)11-21(20)27-14-16-8-9-17(23)12-19(16)22/h2-12,24-25H,13-14H2,1H3. The van der Waals surface area contributed by atoms with Gasteiger partial charge in [0.15, 0.2) is 11.5 Å². The fourth-order valence-corrected chi connectivity index (χ4v) is 2.73. The molecule has 2 N–H and O–H groups in total. The van der Waals surface area contributed by atoms with Gasteiger partial charge in [-0.15, -0.1) is 0 Å². The Morgan fingerprint density at radius 1 is 0.963 bits per heavy atom. The molecule has 3 aromatic carbocycles. The maximum Gasteiger partial charge on any atom is 0.161 e. The summed E-state index contributed by atoms with van der Waals surface area (Å²) in [6.07, 6.45) is 0. The first-order chi connectivity index (χ1) is 13.2. The van der Waals surface area contributed by atoms with Gasteiger partial charge in [-0.05, 0) is 42.0 Å². The second-order valence-electron chi connectivity index (χ2n) is 5.85. The molecule has 3 rings (SSSR count). The van der Waals surface area contributed by atoms with Gasteiger partial charge in [-0.25, -0.2) is 9.82 Å². The van der Waals surface area contributed by atoms with E-state index in [1.54, 1.807) is 13.2 Å². The molecule has 0 spiro atoms. The Hall–Kier alpha value is -2.76. The van der Waals surface area contributed by atoms with Gasteiger partial charge >= 0.3 is 0 Å². The molecule has 0 saturated carbocycles. The molecule has 0 saturated heterocycles. The van der Waals surface area contributed by atoms with Crippen LogP contribution in [0.1, 0.15) is 11.1 Å². The van der Waals surface area contributed by atoms with Gasteiger partial charge in [0.1, 0.15) is 12.4 Å². The zero-order chi connectivity index (χ0) is 19.1. The molecule has 0 aliphatic carbocycles. The third-order valence-corrected chi connectivity index (χ3v) is 4.28. The number of halogens is 2. The largest absolute Gasteiger partial charge is 0.493 e. The molecule has 3 aromatic rings. The van der Waals surface area contributed by atoms with Gasteiger partial charge in [-0.2, -0.15) is 0 Å². The molecule has 0 aliphatic rings. The molecular weight excluding hydrogens is 367 g/mol. The van der Waals surface area contributed by atoms with Crippen LogP contribution in [0.3, 0.4) is 0 Å². The summed E-state index contributed by atoms with van der Waals surface area (Å²) < 4.78 is 24.4. The molecule has 0 atom stereocenters. The van der Waals surface area contributed by atoms with Crippen molar-refractivity contribution in [2.75, 3.05) is 12.5 Å². The van der Waals surface area contributed by atoms with Gasteiger partial charge in [0.25, 0.3) is 0 Å². The molecule has 4 nitrogen and oxygen atoms in total. The predicted molar refractivity (Wildman–Crippen MR) is 106 cm³/mol. The smallest absolute Gasteiger partial charge is 0.161 e. The Morgan fingerprint density at radius 3 is 2.52 bits per heavy atom. The van der Waals surface area contributed by atoms with Crippen molar-refractivity contribution in [1.82, 2.24) is 5.43 Å². The van der Waals surface area contributed by atoms with Crippen molar-refractivity contribution in [3.8, 4) is 11.5 Å². The fraction of sp³-hybridized carbons (Fsp3) is 0.143. The van der Waals surface area contributed by atoms with Gasteiger partial charge in [-0.3, -0.25) is 0 Å². The topological polar surface area (TPSA) is 42.5 Å². The average molecular weight is 387 g/mol. The van der Waals surface area contributed by atoms with E-state index in [0.717, 1.165) is 11.3 Å². The number of rotatable bonds is 8. The number of para-hydroxylation sites is 1. The summed E-state index contributed by atoms with van der Waals surface area (Å²) in [6.45, 7) is 0.807. The highest BCUT2D eigenvalue weighted by molar-refractivity contribution is 6.31. The van der Waals surface area contributed by atoms with Crippen molar-refractivity contribution in [1.29, 1.82) is 0 Å². The minimum Gasteiger partial charge on any atom is -0.493 e. The Bertz CT molecular complexity index is 891. The number of nitrogens with one attached hydrogen (secondary N) is 2. The molecule has 140 valence electrons. The summed E-state index contributed by atoms with van der Waals surface area (Å²) in [7, 11) is 1.59. The van der Waals surface area contributed by atoms with E-state index in [1.165, 1.54) is 12.1 Å². The Kier molecular flexibility index (Phi) is 6.52. The molecule has 27 heavy (non-hydrogen) atoms. The molecule has 0 aromatic heterocycles. The summed E-state index contributed by atoms with van der Waals surface area (Å²) in [6, 6.07) is 19.8. The lowest BCUT2D eigenvalue weighted by atomic mass is 10.2. The molecule has 0 fully saturated rings. The van der Waals surface area contributed by atoms with E-state index < -0.39 is 0 Å². The number of benzene rings is 3. The normalized spacial score (nSPS) is 10.5. The van der Waals surface area contributed by atoms with Crippen LogP contribution in [0.5, 0.6) is 11.5 Å². The van der Waals surface area contributed by atoms with E-state index in [4.69, 9.17) is 21.1 Å². The van der Waals surface area contributed by atoms with Gasteiger partial charge in [-0.1, -0.05) is 41.9 Å². The number of anilines is 1. The Morgan fingerprint density at radius 2 is 1.78 bits per heavy atom. The molecule has 0 radical (unpaired) electrons. The second-order valence-corrected chi connectivity index (χ2v) is 6.26. The second kappa shape index (κ2) is 9.26. The van der Waals surface area contributed by atoms with Gasteiger partial charge in [0.05, 0.1) is 12.1 Å². The van der Waals surface area contributed by atoms with E-state index in [9.17, 15) is 4.39 Å². The average Bonchev–Trinajstić information content (AvgIpc) is 2.68. The lowest BCUT2D eigenvalue weighted by molar-refractivity contribution is 0.284. The van der Waals surface area contributed by atoms with E-state index in [1.807, 2.05) is 48.5 Å². The monoisotopic (exact) mass is 386 g/mol. The maximum absolute atomic E-state index is 13.2. The number of hydrogen-bond acceptors (Lipinski definition) is 4. The van der Waals surface area contributed by atoms with Crippen molar-refractivity contribution in [3.05, 3.63) is 88.7 Å². The zero-order valence-electron chi connectivity index (χ0n) is 14.8. The Balaban J connectivity index is 1.64. The number of hydrazine groups is 1. The molecular formula is C21H20ClFN2O2. The summed E-state index contributed by atoms with van der Waals surface area (Å²) in [5.74, 6) is 0.838. The van der Waals surface area contributed by atoms with Gasteiger partial charge in [0.2, 0.25) is 0 Å². The minimum atomic E-state index is -0.375. The van der Waals surface area contributed by atoms with Crippen LogP contribution in [0.25, 0.3) is 0 Å². The molecule has 0 heterocycles. The predicted octanol–water partition coefficient (Wildman–Crippen LogP) is 5.18. The number of ether oxygens (including phenoxy) is 2. The van der Waals surface area contributed by atoms with Crippen LogP contribution < -0.4 is 20.3 Å². The van der Waals surface area contributed by atoms with Crippen molar-refractivity contribution in [2.45, 2.75) is 13.2 Å². The van der Waals surface area contributed by atoms with Crippen molar-refractivity contribution in [2.24, 2.45) is 0 Å². The van der Waals surface area contributed by atoms with Crippen LogP contribution in [-0.2, 0) is 13.2 Å². The first-order valence-corrected chi connectivity index (χ1v) is 8.81. The molecule has 0 bridgehead atoms. The number of hydrogen-bond donors (Lipinski definition) is 2. The quantitative estimate of drug-likeness (QED) is 0.523. The SMILES string of the molecule is COc1ccc(CNNc2ccccc2)cc1OCc1ccc(F)cc1Cl. The molecule has 0 amide bonds. The van der Waals surface area contributed by atoms with E-state index in [0.29, 0.717) is 28.6 Å². The van der Waals surface area contributed by atoms with E-state index in [2.05, 4.69) is 10.9 Å². The summed E-state index contributed by atoms with van der Waals surface area (Å²) in [4.78, 5) is 0. The summed E-state index contributed by atoms with van der Waals surface area (Å²) in [5.41, 5.74) is 9.00. The van der Waals surface area contributed by atoms with Crippen molar-refractivity contribution < 1.29 is 13.9 Å². The highest BCUT2D eigenvalue weighted by Crippen LogP contribution is 2.29. The summed E-state index contributed by atoms with van der Waals surface area (Å²) in [5, 5.41) is 0.332. The maximum atomic E-state index is 13.2. The van der Waals surface area contributed by atoms with Crippen LogP contribution >= 0.6 is 11.6 Å². The fourth-order valence-electron chi connectivity index (χ4n) is 2.51. The van der Waals surface area contributed by atoms with Gasteiger partial charge in [0, 0.05) is 17.8 Å².